The van der Waals surface area contributed by atoms with Crippen molar-refractivity contribution in [3.8, 4) is 11.4 Å². The molecule has 0 atom stereocenters. The molecule has 25 heavy (non-hydrogen) atoms. The maximum atomic E-state index is 5.38. The van der Waals surface area contributed by atoms with Gasteiger partial charge >= 0.3 is 0 Å². The minimum atomic E-state index is 0.437. The van der Waals surface area contributed by atoms with Gasteiger partial charge in [0.05, 0.1) is 6.54 Å². The highest BCUT2D eigenvalue weighted by Crippen LogP contribution is 2.23. The first-order valence-corrected chi connectivity index (χ1v) is 7.74. The highest BCUT2D eigenvalue weighted by Gasteiger charge is 2.18. The molecule has 4 heterocycles. The van der Waals surface area contributed by atoms with Gasteiger partial charge in [0.25, 0.3) is 5.78 Å². The second-order valence-corrected chi connectivity index (χ2v) is 5.73. The third-order valence-electron chi connectivity index (χ3n) is 4.00. The Morgan fingerprint density at radius 1 is 1.24 bits per heavy atom. The van der Waals surface area contributed by atoms with E-state index in [2.05, 4.69) is 30.2 Å². The molecule has 0 aliphatic rings. The van der Waals surface area contributed by atoms with Gasteiger partial charge in [-0.2, -0.15) is 19.6 Å². The minimum Gasteiger partial charge on any atom is -0.350 e. The highest BCUT2D eigenvalue weighted by atomic mass is 16.5. The summed E-state index contributed by atoms with van der Waals surface area (Å²) in [5.41, 5.74) is 2.74. The number of nitrogens with zero attached hydrogens (tertiary/aromatic N) is 8. The average Bonchev–Trinajstić information content (AvgIpc) is 3.26. The lowest BCUT2D eigenvalue weighted by Crippen LogP contribution is -2.22. The summed E-state index contributed by atoms with van der Waals surface area (Å²) in [6, 6.07) is 3.72. The molecule has 0 spiro atoms. The SMILES string of the molecule is Cc1nc2ncnn2c(N(C)Cc2nc(-c3cccnc3)no2)c1C. The van der Waals surface area contributed by atoms with Gasteiger partial charge in [0.1, 0.15) is 12.1 Å². The largest absolute Gasteiger partial charge is 0.350 e. The van der Waals surface area contributed by atoms with Gasteiger partial charge in [-0.25, -0.2) is 4.98 Å². The van der Waals surface area contributed by atoms with E-state index in [4.69, 9.17) is 4.52 Å². The fourth-order valence-electron chi connectivity index (χ4n) is 2.67. The number of fused-ring (bicyclic) bond motifs is 1. The molecule has 0 bridgehead atoms. The number of hydrogen-bond donors (Lipinski definition) is 0. The van der Waals surface area contributed by atoms with Crippen molar-refractivity contribution in [3.05, 3.63) is 48.0 Å². The normalized spacial score (nSPS) is 11.2. The van der Waals surface area contributed by atoms with Crippen molar-refractivity contribution >= 4 is 11.6 Å². The second-order valence-electron chi connectivity index (χ2n) is 5.73. The Kier molecular flexibility index (Phi) is 3.60. The van der Waals surface area contributed by atoms with E-state index in [0.29, 0.717) is 24.0 Å². The van der Waals surface area contributed by atoms with Crippen LogP contribution in [-0.2, 0) is 6.54 Å². The van der Waals surface area contributed by atoms with Crippen molar-refractivity contribution in [1.82, 2.24) is 34.7 Å². The van der Waals surface area contributed by atoms with E-state index in [9.17, 15) is 0 Å². The molecule has 126 valence electrons. The van der Waals surface area contributed by atoms with Gasteiger partial charge in [-0.05, 0) is 26.0 Å². The van der Waals surface area contributed by atoms with E-state index in [-0.39, 0.29) is 0 Å². The summed E-state index contributed by atoms with van der Waals surface area (Å²) in [7, 11) is 1.94. The first-order valence-electron chi connectivity index (χ1n) is 7.74. The van der Waals surface area contributed by atoms with Crippen molar-refractivity contribution in [3.63, 3.8) is 0 Å². The van der Waals surface area contributed by atoms with Crippen LogP contribution in [0.3, 0.4) is 0 Å². The molecular formula is C16H16N8O. The summed E-state index contributed by atoms with van der Waals surface area (Å²) in [5, 5.41) is 8.29. The zero-order valence-corrected chi connectivity index (χ0v) is 14.1. The lowest BCUT2D eigenvalue weighted by Gasteiger charge is -2.20. The lowest BCUT2D eigenvalue weighted by molar-refractivity contribution is 0.378. The van der Waals surface area contributed by atoms with E-state index in [1.165, 1.54) is 6.33 Å². The van der Waals surface area contributed by atoms with E-state index in [1.54, 1.807) is 16.9 Å². The van der Waals surface area contributed by atoms with Gasteiger partial charge in [0, 0.05) is 36.3 Å². The van der Waals surface area contributed by atoms with E-state index in [0.717, 1.165) is 22.6 Å². The van der Waals surface area contributed by atoms with Gasteiger partial charge < -0.3 is 9.42 Å². The van der Waals surface area contributed by atoms with Gasteiger partial charge in [-0.15, -0.1) is 0 Å². The van der Waals surface area contributed by atoms with Crippen LogP contribution < -0.4 is 4.90 Å². The molecule has 0 saturated carbocycles. The number of aryl methyl sites for hydroxylation is 1. The summed E-state index contributed by atoms with van der Waals surface area (Å²) >= 11 is 0. The molecular weight excluding hydrogens is 320 g/mol. The molecule has 0 radical (unpaired) electrons. The molecule has 4 aromatic rings. The monoisotopic (exact) mass is 336 g/mol. The first-order chi connectivity index (χ1) is 12.1. The molecule has 0 saturated heterocycles. The molecule has 0 aliphatic carbocycles. The molecule has 0 N–H and O–H groups in total. The predicted molar refractivity (Wildman–Crippen MR) is 89.9 cm³/mol. The summed E-state index contributed by atoms with van der Waals surface area (Å²) in [4.78, 5) is 19.1. The summed E-state index contributed by atoms with van der Waals surface area (Å²) in [6.07, 6.45) is 4.90. The molecule has 9 heteroatoms. The molecule has 0 aromatic carbocycles. The number of hydrogen-bond acceptors (Lipinski definition) is 8. The smallest absolute Gasteiger partial charge is 0.254 e. The van der Waals surface area contributed by atoms with Crippen LogP contribution >= 0.6 is 0 Å². The maximum Gasteiger partial charge on any atom is 0.254 e. The van der Waals surface area contributed by atoms with Gasteiger partial charge in [-0.1, -0.05) is 5.16 Å². The Bertz CT molecular complexity index is 1020. The summed E-state index contributed by atoms with van der Waals surface area (Å²) < 4.78 is 7.09. The Morgan fingerprint density at radius 2 is 2.12 bits per heavy atom. The molecule has 4 aromatic heterocycles. The Morgan fingerprint density at radius 3 is 2.92 bits per heavy atom. The molecule has 0 amide bonds. The van der Waals surface area contributed by atoms with Crippen LogP contribution in [0.4, 0.5) is 5.82 Å². The fourth-order valence-corrected chi connectivity index (χ4v) is 2.67. The first kappa shape index (κ1) is 15.2. The number of anilines is 1. The van der Waals surface area contributed by atoms with E-state index in [1.807, 2.05) is 37.9 Å². The number of pyridine rings is 1. The van der Waals surface area contributed by atoms with Gasteiger partial charge in [-0.3, -0.25) is 4.98 Å². The van der Waals surface area contributed by atoms with Crippen molar-refractivity contribution in [2.45, 2.75) is 20.4 Å². The molecule has 0 unspecified atom stereocenters. The summed E-state index contributed by atoms with van der Waals surface area (Å²) in [6.45, 7) is 4.39. The Hall–Kier alpha value is -3.36. The van der Waals surface area contributed by atoms with Crippen LogP contribution in [0.2, 0.25) is 0 Å². The van der Waals surface area contributed by atoms with Crippen LogP contribution in [0.15, 0.2) is 35.4 Å². The van der Waals surface area contributed by atoms with Crippen molar-refractivity contribution in [2.75, 3.05) is 11.9 Å². The Balaban J connectivity index is 1.65. The minimum absolute atomic E-state index is 0.437. The lowest BCUT2D eigenvalue weighted by atomic mass is 10.2. The van der Waals surface area contributed by atoms with Crippen LogP contribution in [0.25, 0.3) is 17.2 Å². The third-order valence-corrected chi connectivity index (χ3v) is 4.00. The molecule has 0 fully saturated rings. The van der Waals surface area contributed by atoms with Crippen LogP contribution in [0, 0.1) is 13.8 Å². The third kappa shape index (κ3) is 2.69. The fraction of sp³-hybridized carbons (Fsp3) is 0.250. The zero-order chi connectivity index (χ0) is 17.4. The van der Waals surface area contributed by atoms with Crippen molar-refractivity contribution < 1.29 is 4.52 Å². The van der Waals surface area contributed by atoms with Crippen molar-refractivity contribution in [2.24, 2.45) is 0 Å². The van der Waals surface area contributed by atoms with E-state index >= 15 is 0 Å². The predicted octanol–water partition coefficient (Wildman–Crippen LogP) is 1.82. The number of rotatable bonds is 4. The topological polar surface area (TPSA) is 98.1 Å². The maximum absolute atomic E-state index is 5.38. The van der Waals surface area contributed by atoms with Gasteiger partial charge in [0.2, 0.25) is 11.7 Å². The van der Waals surface area contributed by atoms with Crippen LogP contribution in [0.1, 0.15) is 17.1 Å². The molecule has 4 rings (SSSR count). The van der Waals surface area contributed by atoms with Gasteiger partial charge in [0.15, 0.2) is 0 Å². The average molecular weight is 336 g/mol. The second kappa shape index (κ2) is 5.93. The molecule has 9 nitrogen and oxygen atoms in total. The molecule has 0 aliphatic heterocycles. The van der Waals surface area contributed by atoms with Crippen molar-refractivity contribution in [1.29, 1.82) is 0 Å². The Labute approximate surface area is 143 Å². The van der Waals surface area contributed by atoms with Crippen LogP contribution in [-0.4, -0.2) is 41.8 Å². The number of aromatic nitrogens is 7. The standard InChI is InChI=1S/C16H16N8O/c1-10-11(2)20-16-18-9-19-24(16)15(10)23(3)8-13-21-14(22-25-13)12-5-4-6-17-7-12/h4-7,9H,8H2,1-3H3. The summed E-state index contributed by atoms with van der Waals surface area (Å²) in [5.74, 6) is 2.47. The highest BCUT2D eigenvalue weighted by molar-refractivity contribution is 5.54. The van der Waals surface area contributed by atoms with Crippen LogP contribution in [0.5, 0.6) is 0 Å². The van der Waals surface area contributed by atoms with E-state index < -0.39 is 0 Å². The zero-order valence-electron chi connectivity index (χ0n) is 14.1. The quantitative estimate of drug-likeness (QED) is 0.556.